The Kier molecular flexibility index (Phi) is 5.00. The van der Waals surface area contributed by atoms with Gasteiger partial charge in [-0.05, 0) is 48.9 Å². The summed E-state index contributed by atoms with van der Waals surface area (Å²) < 4.78 is 11.0. The summed E-state index contributed by atoms with van der Waals surface area (Å²) in [4.78, 5) is 15.0. The molecule has 0 saturated heterocycles. The van der Waals surface area contributed by atoms with Crippen LogP contribution in [0.25, 0.3) is 11.4 Å². The number of benzene rings is 2. The summed E-state index contributed by atoms with van der Waals surface area (Å²) >= 11 is 5.87. The molecule has 0 aliphatic heterocycles. The molecule has 0 fully saturated rings. The number of halogens is 1. The summed E-state index contributed by atoms with van der Waals surface area (Å²) in [6.07, 6.45) is -0.469. The highest BCUT2D eigenvalue weighted by molar-refractivity contribution is 6.30. The number of hydrogen-bond donors (Lipinski definition) is 1. The monoisotopic (exact) mass is 358 g/mol. The summed E-state index contributed by atoms with van der Waals surface area (Å²) in [7, 11) is 0. The van der Waals surface area contributed by atoms with Crippen molar-refractivity contribution in [1.29, 1.82) is 0 Å². The molecule has 0 bridgehead atoms. The van der Waals surface area contributed by atoms with Gasteiger partial charge in [0.15, 0.2) is 6.10 Å². The molecule has 128 valence electrons. The SMILES string of the molecule is C[C@@H](Oc1ccc(CC(=O)O)cc1)c1nc(-c2ccc(Cl)cc2)no1. The Bertz CT molecular complexity index is 860. The third-order valence-electron chi connectivity index (χ3n) is 3.48. The molecule has 3 aromatic rings. The van der Waals surface area contributed by atoms with Gasteiger partial charge in [0.2, 0.25) is 5.82 Å². The number of carboxylic acids is 1. The Balaban J connectivity index is 1.68. The van der Waals surface area contributed by atoms with Crippen LogP contribution in [0.15, 0.2) is 53.1 Å². The molecule has 0 aliphatic rings. The number of carboxylic acid groups (broad SMARTS) is 1. The molecule has 3 rings (SSSR count). The average Bonchev–Trinajstić information content (AvgIpc) is 3.07. The zero-order valence-electron chi connectivity index (χ0n) is 13.3. The van der Waals surface area contributed by atoms with Gasteiger partial charge in [0.25, 0.3) is 5.89 Å². The highest BCUT2D eigenvalue weighted by Crippen LogP contribution is 2.24. The standard InChI is InChI=1S/C18H15ClN2O4/c1-11(24-15-8-2-12(3-9-15)10-16(22)23)18-20-17(21-25-18)13-4-6-14(19)7-5-13/h2-9,11H,10H2,1H3,(H,22,23)/t11-/m1/s1. The van der Waals surface area contributed by atoms with Crippen LogP contribution in [-0.2, 0) is 11.2 Å². The van der Waals surface area contributed by atoms with Crippen molar-refractivity contribution < 1.29 is 19.2 Å². The zero-order valence-corrected chi connectivity index (χ0v) is 14.1. The van der Waals surface area contributed by atoms with Gasteiger partial charge in [0.1, 0.15) is 5.75 Å². The molecule has 1 atom stereocenters. The molecule has 1 heterocycles. The van der Waals surface area contributed by atoms with Gasteiger partial charge in [0.05, 0.1) is 6.42 Å². The van der Waals surface area contributed by atoms with Crippen LogP contribution in [-0.4, -0.2) is 21.2 Å². The van der Waals surface area contributed by atoms with Crippen LogP contribution in [0.5, 0.6) is 5.75 Å². The molecule has 0 saturated carbocycles. The molecule has 0 spiro atoms. The third kappa shape index (κ3) is 4.36. The molecule has 0 radical (unpaired) electrons. The van der Waals surface area contributed by atoms with Gasteiger partial charge in [-0.15, -0.1) is 0 Å². The topological polar surface area (TPSA) is 85.5 Å². The van der Waals surface area contributed by atoms with Gasteiger partial charge >= 0.3 is 5.97 Å². The molecular formula is C18H15ClN2O4. The number of ether oxygens (including phenoxy) is 1. The molecule has 1 aromatic heterocycles. The van der Waals surface area contributed by atoms with E-state index in [2.05, 4.69) is 10.1 Å². The maximum atomic E-state index is 10.7. The lowest BCUT2D eigenvalue weighted by Gasteiger charge is -2.10. The summed E-state index contributed by atoms with van der Waals surface area (Å²) in [5.41, 5.74) is 1.50. The normalized spacial score (nSPS) is 11.9. The van der Waals surface area contributed by atoms with Gasteiger partial charge < -0.3 is 14.4 Å². The maximum Gasteiger partial charge on any atom is 0.307 e. The van der Waals surface area contributed by atoms with Crippen LogP contribution in [0.1, 0.15) is 24.5 Å². The van der Waals surface area contributed by atoms with Gasteiger partial charge in [0, 0.05) is 10.6 Å². The van der Waals surface area contributed by atoms with E-state index in [0.717, 1.165) is 5.56 Å². The van der Waals surface area contributed by atoms with Crippen molar-refractivity contribution in [3.05, 3.63) is 65.0 Å². The minimum atomic E-state index is -0.873. The van der Waals surface area contributed by atoms with Crippen molar-refractivity contribution in [2.24, 2.45) is 0 Å². The van der Waals surface area contributed by atoms with E-state index in [1.54, 1.807) is 43.3 Å². The van der Waals surface area contributed by atoms with Gasteiger partial charge in [-0.3, -0.25) is 4.79 Å². The van der Waals surface area contributed by atoms with Crippen LogP contribution in [0, 0.1) is 0 Å². The second-order valence-corrected chi connectivity index (χ2v) is 5.87. The fraction of sp³-hybridized carbons (Fsp3) is 0.167. The number of aromatic nitrogens is 2. The predicted octanol–water partition coefficient (Wildman–Crippen LogP) is 4.16. The van der Waals surface area contributed by atoms with Crippen LogP contribution < -0.4 is 4.74 Å². The van der Waals surface area contributed by atoms with Crippen molar-refractivity contribution >= 4 is 17.6 Å². The minimum absolute atomic E-state index is 0.0239. The lowest BCUT2D eigenvalue weighted by atomic mass is 10.1. The quantitative estimate of drug-likeness (QED) is 0.712. The molecule has 1 N–H and O–H groups in total. The molecule has 0 amide bonds. The first-order valence-electron chi connectivity index (χ1n) is 7.58. The van der Waals surface area contributed by atoms with Gasteiger partial charge in [-0.25, -0.2) is 0 Å². The maximum absolute atomic E-state index is 10.7. The Morgan fingerprint density at radius 3 is 2.52 bits per heavy atom. The fourth-order valence-electron chi connectivity index (χ4n) is 2.23. The first-order valence-corrected chi connectivity index (χ1v) is 7.96. The largest absolute Gasteiger partial charge is 0.481 e. The molecular weight excluding hydrogens is 344 g/mol. The molecule has 2 aromatic carbocycles. The molecule has 25 heavy (non-hydrogen) atoms. The second kappa shape index (κ2) is 7.36. The lowest BCUT2D eigenvalue weighted by Crippen LogP contribution is -2.04. The summed E-state index contributed by atoms with van der Waals surface area (Å²) in [6.45, 7) is 1.80. The van der Waals surface area contributed by atoms with Crippen LogP contribution in [0.4, 0.5) is 0 Å². The summed E-state index contributed by atoms with van der Waals surface area (Å²) in [5, 5.41) is 13.4. The van der Waals surface area contributed by atoms with E-state index in [1.165, 1.54) is 0 Å². The molecule has 6 nitrogen and oxygen atoms in total. The van der Waals surface area contributed by atoms with E-state index in [4.69, 9.17) is 26.0 Å². The van der Waals surface area contributed by atoms with E-state index in [0.29, 0.717) is 28.1 Å². The Morgan fingerprint density at radius 2 is 1.88 bits per heavy atom. The van der Waals surface area contributed by atoms with Crippen molar-refractivity contribution in [2.75, 3.05) is 0 Å². The van der Waals surface area contributed by atoms with Gasteiger partial charge in [-0.2, -0.15) is 4.98 Å². The highest BCUT2D eigenvalue weighted by Gasteiger charge is 2.17. The van der Waals surface area contributed by atoms with Crippen LogP contribution >= 0.6 is 11.6 Å². The Hall–Kier alpha value is -2.86. The molecule has 7 heteroatoms. The van der Waals surface area contributed by atoms with Crippen molar-refractivity contribution in [2.45, 2.75) is 19.4 Å². The summed E-state index contributed by atoms with van der Waals surface area (Å²) in [5.74, 6) is 0.522. The lowest BCUT2D eigenvalue weighted by molar-refractivity contribution is -0.136. The van der Waals surface area contributed by atoms with E-state index in [9.17, 15) is 4.79 Å². The number of rotatable bonds is 6. The smallest absolute Gasteiger partial charge is 0.307 e. The number of carbonyl (C=O) groups is 1. The molecule has 0 aliphatic carbocycles. The van der Waals surface area contributed by atoms with Gasteiger partial charge in [-0.1, -0.05) is 28.9 Å². The Labute approximate surface area is 149 Å². The van der Waals surface area contributed by atoms with Crippen molar-refractivity contribution in [3.8, 4) is 17.1 Å². The average molecular weight is 359 g/mol. The van der Waals surface area contributed by atoms with Crippen LogP contribution in [0.2, 0.25) is 5.02 Å². The zero-order chi connectivity index (χ0) is 17.8. The van der Waals surface area contributed by atoms with Crippen LogP contribution in [0.3, 0.4) is 0 Å². The predicted molar refractivity (Wildman–Crippen MR) is 91.6 cm³/mol. The third-order valence-corrected chi connectivity index (χ3v) is 3.74. The van der Waals surface area contributed by atoms with E-state index < -0.39 is 12.1 Å². The van der Waals surface area contributed by atoms with E-state index in [1.807, 2.05) is 12.1 Å². The second-order valence-electron chi connectivity index (χ2n) is 5.44. The molecule has 0 unspecified atom stereocenters. The Morgan fingerprint density at radius 1 is 1.20 bits per heavy atom. The first kappa shape index (κ1) is 17.0. The summed E-state index contributed by atoms with van der Waals surface area (Å²) in [6, 6.07) is 14.0. The van der Waals surface area contributed by atoms with E-state index in [-0.39, 0.29) is 6.42 Å². The highest BCUT2D eigenvalue weighted by atomic mass is 35.5. The fourth-order valence-corrected chi connectivity index (χ4v) is 2.36. The van der Waals surface area contributed by atoms with Crippen molar-refractivity contribution in [3.63, 3.8) is 0 Å². The number of nitrogens with zero attached hydrogens (tertiary/aromatic N) is 2. The first-order chi connectivity index (χ1) is 12.0. The number of aliphatic carboxylic acids is 1. The number of hydrogen-bond acceptors (Lipinski definition) is 5. The minimum Gasteiger partial charge on any atom is -0.481 e. The van der Waals surface area contributed by atoms with E-state index >= 15 is 0 Å². The van der Waals surface area contributed by atoms with Crippen molar-refractivity contribution in [1.82, 2.24) is 10.1 Å².